The zero-order valence-electron chi connectivity index (χ0n) is 14.3. The third-order valence-corrected chi connectivity index (χ3v) is 6.23. The molecule has 0 aliphatic carbocycles. The summed E-state index contributed by atoms with van der Waals surface area (Å²) in [5.41, 5.74) is 14.5. The van der Waals surface area contributed by atoms with Gasteiger partial charge in [0.1, 0.15) is 5.82 Å². The molecule has 140 valence electrons. The van der Waals surface area contributed by atoms with E-state index in [0.717, 1.165) is 11.1 Å². The Kier molecular flexibility index (Phi) is 5.12. The number of nitrogens with two attached hydrogens (primary N) is 2. The van der Waals surface area contributed by atoms with Crippen molar-refractivity contribution in [1.82, 2.24) is 0 Å². The van der Waals surface area contributed by atoms with Crippen LogP contribution in [0.1, 0.15) is 5.56 Å². The van der Waals surface area contributed by atoms with E-state index in [-0.39, 0.29) is 16.4 Å². The molecule has 0 spiro atoms. The van der Waals surface area contributed by atoms with E-state index in [9.17, 15) is 12.8 Å². The highest BCUT2D eigenvalue weighted by molar-refractivity contribution is 9.10. The van der Waals surface area contributed by atoms with E-state index in [1.165, 1.54) is 24.3 Å². The average Bonchev–Trinajstić information content (AvgIpc) is 2.59. The van der Waals surface area contributed by atoms with E-state index in [1.54, 1.807) is 37.3 Å². The number of sulfonamides is 1. The first-order valence-corrected chi connectivity index (χ1v) is 10.2. The molecule has 0 heterocycles. The Labute approximate surface area is 165 Å². The van der Waals surface area contributed by atoms with Crippen LogP contribution in [0.4, 0.5) is 21.5 Å². The van der Waals surface area contributed by atoms with Crippen LogP contribution < -0.4 is 16.2 Å². The quantitative estimate of drug-likeness (QED) is 0.509. The van der Waals surface area contributed by atoms with Crippen molar-refractivity contribution in [3.63, 3.8) is 0 Å². The Balaban J connectivity index is 1.93. The van der Waals surface area contributed by atoms with Crippen molar-refractivity contribution >= 4 is 43.0 Å². The second kappa shape index (κ2) is 7.21. The van der Waals surface area contributed by atoms with Crippen LogP contribution in [0.25, 0.3) is 11.1 Å². The summed E-state index contributed by atoms with van der Waals surface area (Å²) in [6, 6.07) is 13.9. The van der Waals surface area contributed by atoms with Crippen molar-refractivity contribution in [2.75, 3.05) is 16.2 Å². The highest BCUT2D eigenvalue weighted by Gasteiger charge is 2.19. The lowest BCUT2D eigenvalue weighted by molar-refractivity contribution is 0.600. The number of nitrogens with one attached hydrogen (secondary N) is 1. The molecular weight excluding hydrogens is 433 g/mol. The average molecular weight is 450 g/mol. The van der Waals surface area contributed by atoms with Gasteiger partial charge in [-0.05, 0) is 60.0 Å². The highest BCUT2D eigenvalue weighted by Crippen LogP contribution is 2.32. The molecule has 27 heavy (non-hydrogen) atoms. The van der Waals surface area contributed by atoms with Gasteiger partial charge in [-0.2, -0.15) is 0 Å². The maximum Gasteiger partial charge on any atom is 0.262 e. The predicted molar refractivity (Wildman–Crippen MR) is 110 cm³/mol. The SMILES string of the molecule is Cc1cc(N)c(N)cc1S(=O)(=O)Nc1ccc(-c2ccc(F)cc2)c(Br)c1. The number of anilines is 3. The van der Waals surface area contributed by atoms with Crippen molar-refractivity contribution in [2.24, 2.45) is 0 Å². The lowest BCUT2D eigenvalue weighted by Gasteiger charge is -2.13. The first-order chi connectivity index (χ1) is 12.7. The topological polar surface area (TPSA) is 98.2 Å². The molecule has 0 aromatic heterocycles. The molecule has 0 radical (unpaired) electrons. The van der Waals surface area contributed by atoms with Crippen molar-refractivity contribution < 1.29 is 12.8 Å². The molecule has 0 aliphatic heterocycles. The maximum absolute atomic E-state index is 13.1. The maximum atomic E-state index is 13.1. The van der Waals surface area contributed by atoms with Gasteiger partial charge in [-0.25, -0.2) is 12.8 Å². The third kappa shape index (κ3) is 4.06. The summed E-state index contributed by atoms with van der Waals surface area (Å²) in [6.45, 7) is 1.65. The Morgan fingerprint density at radius 1 is 0.963 bits per heavy atom. The van der Waals surface area contributed by atoms with Crippen LogP contribution in [0.15, 0.2) is 64.0 Å². The fourth-order valence-electron chi connectivity index (χ4n) is 2.67. The normalized spacial score (nSPS) is 11.4. The molecule has 5 nitrogen and oxygen atoms in total. The molecule has 0 atom stereocenters. The van der Waals surface area contributed by atoms with Crippen molar-refractivity contribution in [3.05, 3.63) is 70.5 Å². The molecule has 3 aromatic carbocycles. The fourth-order valence-corrected chi connectivity index (χ4v) is 4.59. The number of hydrogen-bond donors (Lipinski definition) is 3. The summed E-state index contributed by atoms with van der Waals surface area (Å²) >= 11 is 3.44. The van der Waals surface area contributed by atoms with E-state index >= 15 is 0 Å². The van der Waals surface area contributed by atoms with Gasteiger partial charge >= 0.3 is 0 Å². The summed E-state index contributed by atoms with van der Waals surface area (Å²) in [5.74, 6) is -0.322. The first kappa shape index (κ1) is 19.2. The van der Waals surface area contributed by atoms with Crippen molar-refractivity contribution in [3.8, 4) is 11.1 Å². The van der Waals surface area contributed by atoms with Crippen LogP contribution >= 0.6 is 15.9 Å². The smallest absolute Gasteiger partial charge is 0.262 e. The number of benzene rings is 3. The van der Waals surface area contributed by atoms with Gasteiger partial charge < -0.3 is 11.5 Å². The minimum absolute atomic E-state index is 0.0629. The molecule has 0 unspecified atom stereocenters. The molecule has 8 heteroatoms. The molecule has 0 bridgehead atoms. The molecule has 0 saturated heterocycles. The van der Waals surface area contributed by atoms with Gasteiger partial charge in [-0.1, -0.05) is 34.1 Å². The lowest BCUT2D eigenvalue weighted by Crippen LogP contribution is -2.15. The molecule has 0 fully saturated rings. The number of aryl methyl sites for hydroxylation is 1. The molecule has 3 rings (SSSR count). The summed E-state index contributed by atoms with van der Waals surface area (Å²) < 4.78 is 41.8. The van der Waals surface area contributed by atoms with Crippen LogP contribution in [0.5, 0.6) is 0 Å². The molecule has 0 amide bonds. The second-order valence-electron chi connectivity index (χ2n) is 6.05. The fraction of sp³-hybridized carbons (Fsp3) is 0.0526. The summed E-state index contributed by atoms with van der Waals surface area (Å²) in [5, 5.41) is 0. The Morgan fingerprint density at radius 2 is 1.59 bits per heavy atom. The van der Waals surface area contributed by atoms with Crippen molar-refractivity contribution in [1.29, 1.82) is 0 Å². The van der Waals surface area contributed by atoms with Gasteiger partial charge in [0, 0.05) is 10.2 Å². The Bertz CT molecular complexity index is 1120. The van der Waals surface area contributed by atoms with Gasteiger partial charge in [0.15, 0.2) is 0 Å². The van der Waals surface area contributed by atoms with Gasteiger partial charge in [-0.15, -0.1) is 0 Å². The monoisotopic (exact) mass is 449 g/mol. The van der Waals surface area contributed by atoms with Crippen LogP contribution in [-0.2, 0) is 10.0 Å². The van der Waals surface area contributed by atoms with Crippen LogP contribution in [0.2, 0.25) is 0 Å². The number of halogens is 2. The van der Waals surface area contributed by atoms with Gasteiger partial charge in [-0.3, -0.25) is 4.72 Å². The van der Waals surface area contributed by atoms with Gasteiger partial charge in [0.05, 0.1) is 16.3 Å². The van der Waals surface area contributed by atoms with E-state index in [2.05, 4.69) is 20.7 Å². The summed E-state index contributed by atoms with van der Waals surface area (Å²) in [4.78, 5) is 0.0629. The first-order valence-electron chi connectivity index (χ1n) is 7.91. The third-order valence-electron chi connectivity index (χ3n) is 4.05. The van der Waals surface area contributed by atoms with Gasteiger partial charge in [0.25, 0.3) is 10.0 Å². The Morgan fingerprint density at radius 3 is 2.22 bits per heavy atom. The zero-order chi connectivity index (χ0) is 19.8. The molecule has 0 aliphatic rings. The largest absolute Gasteiger partial charge is 0.397 e. The predicted octanol–water partition coefficient (Wildman–Crippen LogP) is 4.53. The van der Waals surface area contributed by atoms with Crippen molar-refractivity contribution in [2.45, 2.75) is 11.8 Å². The van der Waals surface area contributed by atoms with Crippen LogP contribution in [0.3, 0.4) is 0 Å². The number of rotatable bonds is 4. The zero-order valence-corrected chi connectivity index (χ0v) is 16.7. The Hall–Kier alpha value is -2.58. The van der Waals surface area contributed by atoms with E-state index < -0.39 is 10.0 Å². The minimum Gasteiger partial charge on any atom is -0.397 e. The standard InChI is InChI=1S/C19H17BrFN3O2S/c1-11-8-17(22)18(23)10-19(11)27(25,26)24-14-6-7-15(16(20)9-14)12-2-4-13(21)5-3-12/h2-10,24H,22-23H2,1H3. The van der Waals surface area contributed by atoms with Gasteiger partial charge in [0.2, 0.25) is 0 Å². The molecule has 3 aromatic rings. The summed E-state index contributed by atoms with van der Waals surface area (Å²) in [7, 11) is -3.84. The number of hydrogen-bond acceptors (Lipinski definition) is 4. The highest BCUT2D eigenvalue weighted by atomic mass is 79.9. The minimum atomic E-state index is -3.84. The van der Waals surface area contributed by atoms with Crippen LogP contribution in [0, 0.1) is 12.7 Å². The van der Waals surface area contributed by atoms with E-state index in [0.29, 0.717) is 21.4 Å². The van der Waals surface area contributed by atoms with E-state index in [4.69, 9.17) is 11.5 Å². The second-order valence-corrected chi connectivity index (χ2v) is 8.56. The lowest BCUT2D eigenvalue weighted by atomic mass is 10.1. The van der Waals surface area contributed by atoms with Crippen LogP contribution in [-0.4, -0.2) is 8.42 Å². The molecule has 5 N–H and O–H groups in total. The van der Waals surface area contributed by atoms with E-state index in [1.807, 2.05) is 0 Å². The molecular formula is C19H17BrFN3O2S. The number of nitrogen functional groups attached to an aromatic ring is 2. The summed E-state index contributed by atoms with van der Waals surface area (Å²) in [6.07, 6.45) is 0. The molecule has 0 saturated carbocycles.